The number of carbonyl (C=O) groups is 2. The average Bonchev–Trinajstić information content (AvgIpc) is 3.47. The number of fused-ring (bicyclic) bond motifs is 1. The zero-order valence-electron chi connectivity index (χ0n) is 19.4. The third kappa shape index (κ3) is 4.86. The summed E-state index contributed by atoms with van der Waals surface area (Å²) in [4.78, 5) is 26.7. The van der Waals surface area contributed by atoms with E-state index < -0.39 is 11.9 Å². The third-order valence-electron chi connectivity index (χ3n) is 5.47. The summed E-state index contributed by atoms with van der Waals surface area (Å²) >= 11 is 1.44. The zero-order chi connectivity index (χ0) is 24.1. The standard InChI is InChI=1S/C24H27N3O6S/c1-4-32-24(29)20-15-8-5-6-11-19(15)34-23(20)25-22(28)16-12-13-27(26-16)14-33-21-17(30-2)9-7-10-18(21)31-3/h7,9-10,12-13H,4-6,8,11,14H2,1-3H3,(H,25,28). The molecule has 0 unspecified atom stereocenters. The highest BCUT2D eigenvalue weighted by Gasteiger charge is 2.27. The topological polar surface area (TPSA) is 101 Å². The zero-order valence-corrected chi connectivity index (χ0v) is 20.2. The van der Waals surface area contributed by atoms with Gasteiger partial charge in [0.2, 0.25) is 5.75 Å². The van der Waals surface area contributed by atoms with Gasteiger partial charge < -0.3 is 24.3 Å². The predicted molar refractivity (Wildman–Crippen MR) is 127 cm³/mol. The van der Waals surface area contributed by atoms with E-state index in [1.807, 2.05) is 0 Å². The first-order chi connectivity index (χ1) is 16.5. The van der Waals surface area contributed by atoms with Crippen molar-refractivity contribution in [2.24, 2.45) is 0 Å². The molecular formula is C24H27N3O6S. The van der Waals surface area contributed by atoms with Crippen LogP contribution in [0, 0.1) is 0 Å². The summed E-state index contributed by atoms with van der Waals surface area (Å²) in [6.07, 6.45) is 5.45. The van der Waals surface area contributed by atoms with Crippen LogP contribution in [0.2, 0.25) is 0 Å². The molecule has 0 bridgehead atoms. The number of anilines is 1. The number of thiophene rings is 1. The monoisotopic (exact) mass is 485 g/mol. The van der Waals surface area contributed by atoms with Crippen molar-refractivity contribution >= 4 is 28.2 Å². The number of esters is 1. The van der Waals surface area contributed by atoms with E-state index in [9.17, 15) is 9.59 Å². The molecule has 4 rings (SSSR count). The Morgan fingerprint density at radius 3 is 2.56 bits per heavy atom. The smallest absolute Gasteiger partial charge is 0.341 e. The fourth-order valence-corrected chi connectivity index (χ4v) is 5.16. The molecule has 0 saturated heterocycles. The van der Waals surface area contributed by atoms with E-state index >= 15 is 0 Å². The molecule has 0 radical (unpaired) electrons. The summed E-state index contributed by atoms with van der Waals surface area (Å²) in [6.45, 7) is 2.09. The molecule has 0 spiro atoms. The number of amides is 1. The van der Waals surface area contributed by atoms with Crippen LogP contribution >= 0.6 is 11.3 Å². The van der Waals surface area contributed by atoms with E-state index in [2.05, 4.69) is 10.4 Å². The number of hydrogen-bond acceptors (Lipinski definition) is 8. The average molecular weight is 486 g/mol. The second-order valence-corrected chi connectivity index (χ2v) is 8.70. The lowest BCUT2D eigenvalue weighted by atomic mass is 9.95. The van der Waals surface area contributed by atoms with Crippen LogP contribution in [0.25, 0.3) is 0 Å². The van der Waals surface area contributed by atoms with Gasteiger partial charge in [0.25, 0.3) is 5.91 Å². The maximum Gasteiger partial charge on any atom is 0.341 e. The third-order valence-corrected chi connectivity index (χ3v) is 6.68. The molecule has 2 heterocycles. The number of aryl methyl sites for hydroxylation is 1. The van der Waals surface area contributed by atoms with Crippen molar-refractivity contribution in [3.63, 3.8) is 0 Å². The van der Waals surface area contributed by atoms with Gasteiger partial charge in [-0.05, 0) is 56.4 Å². The molecule has 180 valence electrons. The van der Waals surface area contributed by atoms with Crippen molar-refractivity contribution in [1.82, 2.24) is 9.78 Å². The normalized spacial score (nSPS) is 12.6. The van der Waals surface area contributed by atoms with E-state index in [1.165, 1.54) is 16.0 Å². The van der Waals surface area contributed by atoms with Gasteiger partial charge in [-0.15, -0.1) is 11.3 Å². The van der Waals surface area contributed by atoms with Crippen molar-refractivity contribution in [2.75, 3.05) is 26.1 Å². The largest absolute Gasteiger partial charge is 0.493 e. The Balaban J connectivity index is 1.49. The molecule has 1 N–H and O–H groups in total. The van der Waals surface area contributed by atoms with Gasteiger partial charge >= 0.3 is 5.97 Å². The van der Waals surface area contributed by atoms with Crippen LogP contribution in [0.4, 0.5) is 5.00 Å². The van der Waals surface area contributed by atoms with E-state index in [1.54, 1.807) is 51.6 Å². The Morgan fingerprint density at radius 1 is 1.12 bits per heavy atom. The second-order valence-electron chi connectivity index (χ2n) is 7.60. The van der Waals surface area contributed by atoms with Gasteiger partial charge in [-0.3, -0.25) is 4.79 Å². The minimum absolute atomic E-state index is 0.0470. The first-order valence-corrected chi connectivity index (χ1v) is 11.9. The van der Waals surface area contributed by atoms with Gasteiger partial charge in [0.1, 0.15) is 5.00 Å². The fourth-order valence-electron chi connectivity index (χ4n) is 3.89. The molecule has 9 nitrogen and oxygen atoms in total. The molecule has 1 aliphatic carbocycles. The predicted octanol–water partition coefficient (Wildman–Crippen LogP) is 4.31. The van der Waals surface area contributed by atoms with Gasteiger partial charge in [0.15, 0.2) is 23.9 Å². The van der Waals surface area contributed by atoms with Crippen LogP contribution in [-0.4, -0.2) is 42.5 Å². The molecule has 2 aromatic heterocycles. The first-order valence-electron chi connectivity index (χ1n) is 11.1. The second kappa shape index (κ2) is 10.6. The molecule has 10 heteroatoms. The van der Waals surface area contributed by atoms with Crippen molar-refractivity contribution in [2.45, 2.75) is 39.3 Å². The number of nitrogens with one attached hydrogen (secondary N) is 1. The highest BCUT2D eigenvalue weighted by Crippen LogP contribution is 2.39. The number of carbonyl (C=O) groups excluding carboxylic acids is 2. The molecule has 34 heavy (non-hydrogen) atoms. The fraction of sp³-hybridized carbons (Fsp3) is 0.375. The Hall–Kier alpha value is -3.53. The van der Waals surface area contributed by atoms with E-state index in [-0.39, 0.29) is 19.0 Å². The Kier molecular flexibility index (Phi) is 7.36. The minimum atomic E-state index is -0.405. The maximum absolute atomic E-state index is 12.9. The van der Waals surface area contributed by atoms with E-state index in [0.717, 1.165) is 36.1 Å². The number of nitrogens with zero attached hydrogens (tertiary/aromatic N) is 2. The van der Waals surface area contributed by atoms with Crippen LogP contribution in [0.3, 0.4) is 0 Å². The number of benzene rings is 1. The van der Waals surface area contributed by atoms with Crippen molar-refractivity contribution in [3.8, 4) is 17.2 Å². The van der Waals surface area contributed by atoms with Crippen LogP contribution in [0.1, 0.15) is 51.1 Å². The highest BCUT2D eigenvalue weighted by atomic mass is 32.1. The number of aromatic nitrogens is 2. The minimum Gasteiger partial charge on any atom is -0.493 e. The summed E-state index contributed by atoms with van der Waals surface area (Å²) in [5.74, 6) is 0.687. The Morgan fingerprint density at radius 2 is 1.85 bits per heavy atom. The van der Waals surface area contributed by atoms with E-state index in [0.29, 0.717) is 27.8 Å². The number of ether oxygens (including phenoxy) is 4. The number of rotatable bonds is 9. The molecule has 1 aliphatic rings. The van der Waals surface area contributed by atoms with Gasteiger partial charge in [-0.1, -0.05) is 6.07 Å². The number of hydrogen-bond donors (Lipinski definition) is 1. The summed E-state index contributed by atoms with van der Waals surface area (Å²) < 4.78 is 23.3. The maximum atomic E-state index is 12.9. The SMILES string of the molecule is CCOC(=O)c1c(NC(=O)c2ccn(COc3c(OC)cccc3OC)n2)sc2c1CCCC2. The van der Waals surface area contributed by atoms with Gasteiger partial charge in [-0.2, -0.15) is 5.10 Å². The van der Waals surface area contributed by atoms with Gasteiger partial charge in [-0.25, -0.2) is 9.48 Å². The lowest BCUT2D eigenvalue weighted by Crippen LogP contribution is -2.17. The molecule has 0 aliphatic heterocycles. The molecule has 3 aromatic rings. The van der Waals surface area contributed by atoms with Crippen LogP contribution in [-0.2, 0) is 24.3 Å². The number of methoxy groups -OCH3 is 2. The van der Waals surface area contributed by atoms with Gasteiger partial charge in [0, 0.05) is 11.1 Å². The molecule has 0 saturated carbocycles. The van der Waals surface area contributed by atoms with Gasteiger partial charge in [0.05, 0.1) is 26.4 Å². The van der Waals surface area contributed by atoms with Crippen LogP contribution in [0.15, 0.2) is 30.5 Å². The van der Waals surface area contributed by atoms with Crippen LogP contribution < -0.4 is 19.5 Å². The summed E-state index contributed by atoms with van der Waals surface area (Å²) in [6, 6.07) is 6.92. The van der Waals surface area contributed by atoms with Crippen molar-refractivity contribution < 1.29 is 28.5 Å². The molecule has 0 atom stereocenters. The lowest BCUT2D eigenvalue weighted by Gasteiger charge is -2.13. The van der Waals surface area contributed by atoms with Crippen molar-refractivity contribution in [1.29, 1.82) is 0 Å². The molecular weight excluding hydrogens is 458 g/mol. The highest BCUT2D eigenvalue weighted by molar-refractivity contribution is 7.17. The molecule has 0 fully saturated rings. The summed E-state index contributed by atoms with van der Waals surface area (Å²) in [7, 11) is 3.09. The van der Waals surface area contributed by atoms with E-state index in [4.69, 9.17) is 18.9 Å². The van der Waals surface area contributed by atoms with Crippen molar-refractivity contribution in [3.05, 3.63) is 52.2 Å². The lowest BCUT2D eigenvalue weighted by molar-refractivity contribution is 0.0526. The summed E-state index contributed by atoms with van der Waals surface area (Å²) in [5.41, 5.74) is 1.67. The molecule has 1 aromatic carbocycles. The first kappa shape index (κ1) is 23.6. The quantitative estimate of drug-likeness (QED) is 0.451. The Labute approximate surface area is 201 Å². The van der Waals surface area contributed by atoms with Crippen LogP contribution in [0.5, 0.6) is 17.2 Å². The summed E-state index contributed by atoms with van der Waals surface area (Å²) in [5, 5.41) is 7.69. The number of para-hydroxylation sites is 1. The Bertz CT molecular complexity index is 1160. The molecule has 1 amide bonds.